The summed E-state index contributed by atoms with van der Waals surface area (Å²) in [5.74, 6) is -0.623. The fourth-order valence-electron chi connectivity index (χ4n) is 11.9. The molecule has 4 aliphatic carbocycles. The third-order valence-electron chi connectivity index (χ3n) is 15.2. The van der Waals surface area contributed by atoms with E-state index in [0.717, 1.165) is 32.1 Å². The maximum Gasteiger partial charge on any atom is 0.317 e. The predicted octanol–water partition coefficient (Wildman–Crippen LogP) is 0.845. The molecule has 0 aromatic rings. The van der Waals surface area contributed by atoms with Gasteiger partial charge in [-0.1, -0.05) is 27.7 Å². The van der Waals surface area contributed by atoms with Gasteiger partial charge in [-0.2, -0.15) is 0 Å². The molecule has 0 bridgehead atoms. The lowest BCUT2D eigenvalue weighted by atomic mass is 9.37. The lowest BCUT2D eigenvalue weighted by Gasteiger charge is -2.68. The van der Waals surface area contributed by atoms with Crippen LogP contribution in [0.2, 0.25) is 0 Å². The Balaban J connectivity index is 1.39. The highest BCUT2D eigenvalue weighted by Crippen LogP contribution is 2.74. The average Bonchev–Trinajstić information content (AvgIpc) is 3.30. The minimum Gasteiger partial charge on any atom is -0.432 e. The van der Waals surface area contributed by atoms with Crippen LogP contribution in [0.25, 0.3) is 0 Å². The van der Waals surface area contributed by atoms with Crippen LogP contribution in [0.5, 0.6) is 0 Å². The van der Waals surface area contributed by atoms with Crippen molar-refractivity contribution in [2.45, 2.75) is 161 Å². The summed E-state index contributed by atoms with van der Waals surface area (Å²) in [6.45, 7) is 12.9. The fourth-order valence-corrected chi connectivity index (χ4v) is 11.9. The second-order valence-corrected chi connectivity index (χ2v) is 17.8. The van der Waals surface area contributed by atoms with Crippen molar-refractivity contribution in [1.82, 2.24) is 0 Å². The van der Waals surface area contributed by atoms with Crippen molar-refractivity contribution in [2.24, 2.45) is 51.2 Å². The normalized spacial score (nSPS) is 51.2. The molecule has 18 atom stereocenters. The topological polar surface area (TPSA) is 218 Å². The van der Waals surface area contributed by atoms with Gasteiger partial charge in [0.2, 0.25) is 6.29 Å². The molecule has 0 amide bonds. The first kappa shape index (κ1) is 38.3. The Hall–Kier alpha value is -0.930. The zero-order valence-electron chi connectivity index (χ0n) is 29.7. The molecular formula is C36H62O12. The standard InChI is InChI=1S/C36H62O12/c1-17(14-21(38)29(44)32(2,3)46)18-10-12-34(5)19-8-9-23-35(6,20(19)11-13-33(18,34)4)24(39)15-25(40)36(23,7)31(45)48-30-28(43)27(42)26(41)22(16-37)47-30/h17-30,37-44,46H,8-16H2,1-7H3/t17-,18+,19+,20-,21+,22+,23-,24-,25+,26+,27-,28+,29-,30-,33+,34-,35+,36+/m1/s1. The average molecular weight is 687 g/mol. The molecule has 1 saturated heterocycles. The van der Waals surface area contributed by atoms with E-state index in [0.29, 0.717) is 12.8 Å². The van der Waals surface area contributed by atoms with E-state index in [1.807, 2.05) is 6.92 Å². The van der Waals surface area contributed by atoms with Gasteiger partial charge in [-0.05, 0) is 106 Å². The molecule has 12 nitrogen and oxygen atoms in total. The number of ether oxygens (including phenoxy) is 2. The second kappa shape index (κ2) is 12.9. The smallest absolute Gasteiger partial charge is 0.317 e. The third kappa shape index (κ3) is 5.60. The van der Waals surface area contributed by atoms with Crippen LogP contribution in [-0.4, -0.2) is 119 Å². The molecule has 48 heavy (non-hydrogen) atoms. The molecule has 0 radical (unpaired) electrons. The molecule has 0 spiro atoms. The zero-order chi connectivity index (χ0) is 35.9. The molecule has 12 heteroatoms. The summed E-state index contributed by atoms with van der Waals surface area (Å²) in [6.07, 6.45) is -7.13. The summed E-state index contributed by atoms with van der Waals surface area (Å²) >= 11 is 0. The molecule has 5 aliphatic rings. The SMILES string of the molecule is C[C@H](C[C@H](O)[C@@H](O)C(C)(C)O)[C@@H]1CC[C@]2(C)[C@H]3CC[C@H]4[C@](C)(C(=O)O[C@H]5O[C@@H](CO)[C@H](O)[C@@H](O)[C@@H]5O)[C@@H](O)C[C@@H](O)[C@@]4(C)[C@@H]3CC[C@@]12C. The van der Waals surface area contributed by atoms with Crippen molar-refractivity contribution in [2.75, 3.05) is 6.61 Å². The van der Waals surface area contributed by atoms with Crippen molar-refractivity contribution in [3.63, 3.8) is 0 Å². The quantitative estimate of drug-likeness (QED) is 0.162. The Kier molecular flexibility index (Phi) is 10.3. The van der Waals surface area contributed by atoms with Gasteiger partial charge < -0.3 is 55.4 Å². The maximum atomic E-state index is 14.1. The van der Waals surface area contributed by atoms with Gasteiger partial charge in [-0.15, -0.1) is 0 Å². The van der Waals surface area contributed by atoms with Gasteiger partial charge in [0.05, 0.1) is 35.9 Å². The van der Waals surface area contributed by atoms with Gasteiger partial charge in [0.25, 0.3) is 0 Å². The Morgan fingerprint density at radius 1 is 0.875 bits per heavy atom. The summed E-state index contributed by atoms with van der Waals surface area (Å²) in [5, 5.41) is 95.6. The second-order valence-electron chi connectivity index (χ2n) is 17.8. The molecule has 1 aliphatic heterocycles. The van der Waals surface area contributed by atoms with E-state index >= 15 is 0 Å². The molecular weight excluding hydrogens is 624 g/mol. The number of carbonyl (C=O) groups excluding carboxylic acids is 1. The van der Waals surface area contributed by atoms with E-state index in [9.17, 15) is 50.8 Å². The minimum absolute atomic E-state index is 0.0361. The Bertz CT molecular complexity index is 1180. The maximum absolute atomic E-state index is 14.1. The number of hydrogen-bond donors (Lipinski definition) is 9. The number of esters is 1. The summed E-state index contributed by atoms with van der Waals surface area (Å²) in [7, 11) is 0. The number of aliphatic hydroxyl groups excluding tert-OH is 8. The Morgan fingerprint density at radius 2 is 1.50 bits per heavy atom. The van der Waals surface area contributed by atoms with Gasteiger partial charge >= 0.3 is 5.97 Å². The van der Waals surface area contributed by atoms with Crippen LogP contribution >= 0.6 is 0 Å². The van der Waals surface area contributed by atoms with Gasteiger partial charge in [0.1, 0.15) is 30.5 Å². The first-order valence-corrected chi connectivity index (χ1v) is 18.1. The Labute approximate surface area is 284 Å². The molecule has 0 aromatic carbocycles. The number of carbonyl (C=O) groups is 1. The molecule has 278 valence electrons. The molecule has 5 fully saturated rings. The highest BCUT2D eigenvalue weighted by molar-refractivity contribution is 5.78. The van der Waals surface area contributed by atoms with Crippen LogP contribution in [0, 0.1) is 51.2 Å². The van der Waals surface area contributed by atoms with Crippen LogP contribution in [0.4, 0.5) is 0 Å². The third-order valence-corrected chi connectivity index (χ3v) is 15.2. The van der Waals surface area contributed by atoms with Gasteiger partial charge in [0, 0.05) is 11.8 Å². The van der Waals surface area contributed by atoms with E-state index in [-0.39, 0.29) is 40.9 Å². The Morgan fingerprint density at radius 3 is 2.10 bits per heavy atom. The summed E-state index contributed by atoms with van der Waals surface area (Å²) in [6, 6.07) is 0. The van der Waals surface area contributed by atoms with E-state index in [4.69, 9.17) is 9.47 Å². The zero-order valence-corrected chi connectivity index (χ0v) is 29.7. The molecule has 0 unspecified atom stereocenters. The molecule has 1 heterocycles. The lowest BCUT2D eigenvalue weighted by Crippen LogP contribution is -2.68. The summed E-state index contributed by atoms with van der Waals surface area (Å²) < 4.78 is 11.1. The van der Waals surface area contributed by atoms with Crippen molar-refractivity contribution in [3.05, 3.63) is 0 Å². The number of rotatable bonds is 8. The summed E-state index contributed by atoms with van der Waals surface area (Å²) in [4.78, 5) is 14.1. The lowest BCUT2D eigenvalue weighted by molar-refractivity contribution is -0.303. The van der Waals surface area contributed by atoms with Crippen LogP contribution in [-0.2, 0) is 14.3 Å². The van der Waals surface area contributed by atoms with Crippen LogP contribution < -0.4 is 0 Å². The molecule has 4 saturated carbocycles. The van der Waals surface area contributed by atoms with Crippen LogP contribution in [0.1, 0.15) is 99.8 Å². The fraction of sp³-hybridized carbons (Fsp3) is 0.972. The number of aliphatic hydroxyl groups is 9. The number of fused-ring (bicyclic) bond motifs is 5. The van der Waals surface area contributed by atoms with Crippen molar-refractivity contribution < 1.29 is 60.2 Å². The van der Waals surface area contributed by atoms with E-state index in [1.165, 1.54) is 13.8 Å². The number of hydrogen-bond acceptors (Lipinski definition) is 12. The minimum atomic E-state index is -1.77. The van der Waals surface area contributed by atoms with Gasteiger partial charge in [-0.25, -0.2) is 0 Å². The predicted molar refractivity (Wildman–Crippen MR) is 173 cm³/mol. The van der Waals surface area contributed by atoms with Crippen LogP contribution in [0.15, 0.2) is 0 Å². The first-order chi connectivity index (χ1) is 22.1. The summed E-state index contributed by atoms with van der Waals surface area (Å²) in [5.41, 5.74) is -3.79. The van der Waals surface area contributed by atoms with E-state index < -0.39 is 90.0 Å². The largest absolute Gasteiger partial charge is 0.432 e. The monoisotopic (exact) mass is 686 g/mol. The first-order valence-electron chi connectivity index (χ1n) is 18.1. The van der Waals surface area contributed by atoms with Crippen molar-refractivity contribution in [1.29, 1.82) is 0 Å². The van der Waals surface area contributed by atoms with Crippen molar-refractivity contribution >= 4 is 5.97 Å². The molecule has 9 N–H and O–H groups in total. The van der Waals surface area contributed by atoms with Gasteiger partial charge in [0.15, 0.2) is 0 Å². The van der Waals surface area contributed by atoms with Crippen LogP contribution in [0.3, 0.4) is 0 Å². The highest BCUT2D eigenvalue weighted by atomic mass is 16.7. The van der Waals surface area contributed by atoms with E-state index in [2.05, 4.69) is 20.8 Å². The van der Waals surface area contributed by atoms with Gasteiger partial charge in [-0.3, -0.25) is 4.79 Å². The molecule has 5 rings (SSSR count). The highest BCUT2D eigenvalue weighted by Gasteiger charge is 2.71. The van der Waals surface area contributed by atoms with Crippen molar-refractivity contribution in [3.8, 4) is 0 Å². The van der Waals surface area contributed by atoms with E-state index in [1.54, 1.807) is 6.92 Å². The molecule has 0 aromatic heterocycles.